The second kappa shape index (κ2) is 9.12. The lowest BCUT2D eigenvalue weighted by atomic mass is 10.0. The summed E-state index contributed by atoms with van der Waals surface area (Å²) < 4.78 is 28.9. The van der Waals surface area contributed by atoms with Crippen molar-refractivity contribution < 1.29 is 13.5 Å². The van der Waals surface area contributed by atoms with Crippen LogP contribution in [0.2, 0.25) is 0 Å². The van der Waals surface area contributed by atoms with Gasteiger partial charge in [-0.1, -0.05) is 54.1 Å². The molecule has 1 heterocycles. The fourth-order valence-electron chi connectivity index (χ4n) is 4.14. The number of aromatic hydroxyl groups is 1. The number of likely N-dealkylation sites (tertiary alicyclic amines) is 1. The molecule has 31 heavy (non-hydrogen) atoms. The number of benzene rings is 3. The molecule has 0 radical (unpaired) electrons. The Morgan fingerprint density at radius 3 is 2.16 bits per heavy atom. The second-order valence-electron chi connectivity index (χ2n) is 8.09. The average Bonchev–Trinajstić information content (AvgIpc) is 2.78. The minimum absolute atomic E-state index is 0.116. The van der Waals surface area contributed by atoms with E-state index in [0.717, 1.165) is 37.1 Å². The van der Waals surface area contributed by atoms with E-state index in [1.807, 2.05) is 67.6 Å². The Labute approximate surface area is 184 Å². The molecule has 4 rings (SSSR count). The van der Waals surface area contributed by atoms with Crippen molar-refractivity contribution in [1.29, 1.82) is 0 Å². The molecule has 5 nitrogen and oxygen atoms in total. The van der Waals surface area contributed by atoms with Gasteiger partial charge in [-0.15, -0.1) is 0 Å². The maximum Gasteiger partial charge on any atom is 0.264 e. The first-order valence-corrected chi connectivity index (χ1v) is 12.0. The Balaban J connectivity index is 1.56. The van der Waals surface area contributed by atoms with Crippen LogP contribution in [-0.4, -0.2) is 37.6 Å². The van der Waals surface area contributed by atoms with E-state index in [9.17, 15) is 13.5 Å². The summed E-state index contributed by atoms with van der Waals surface area (Å²) in [5.74, 6) is 0.303. The summed E-state index contributed by atoms with van der Waals surface area (Å²) in [6.07, 6.45) is 1.46. The van der Waals surface area contributed by atoms with E-state index in [0.29, 0.717) is 22.9 Å². The fraction of sp³-hybridized carbons (Fsp3) is 0.280. The zero-order valence-electron chi connectivity index (χ0n) is 17.7. The lowest BCUT2D eigenvalue weighted by Gasteiger charge is -2.39. The molecule has 6 heteroatoms. The van der Waals surface area contributed by atoms with Crippen molar-refractivity contribution in [2.24, 2.45) is 0 Å². The third kappa shape index (κ3) is 4.75. The Hall–Kier alpha value is -2.83. The maximum absolute atomic E-state index is 13.6. The Bertz CT molecular complexity index is 1110. The predicted octanol–water partition coefficient (Wildman–Crippen LogP) is 4.56. The van der Waals surface area contributed by atoms with Crippen molar-refractivity contribution in [1.82, 2.24) is 4.90 Å². The van der Waals surface area contributed by atoms with Crippen LogP contribution in [0.25, 0.3) is 0 Å². The van der Waals surface area contributed by atoms with Gasteiger partial charge in [-0.25, -0.2) is 8.42 Å². The highest BCUT2D eigenvalue weighted by atomic mass is 32.2. The van der Waals surface area contributed by atoms with E-state index < -0.39 is 10.0 Å². The molecule has 0 atom stereocenters. The van der Waals surface area contributed by atoms with Crippen LogP contribution in [0, 0.1) is 6.92 Å². The molecule has 1 saturated heterocycles. The number of hydrogen-bond acceptors (Lipinski definition) is 4. The zero-order chi connectivity index (χ0) is 21.8. The largest absolute Gasteiger partial charge is 0.508 e. The molecule has 1 aliphatic heterocycles. The topological polar surface area (TPSA) is 60.9 Å². The highest BCUT2D eigenvalue weighted by Gasteiger charge is 2.34. The molecule has 3 aromatic rings. The first-order chi connectivity index (χ1) is 14.9. The Morgan fingerprint density at radius 1 is 0.903 bits per heavy atom. The van der Waals surface area contributed by atoms with Crippen molar-refractivity contribution in [2.45, 2.75) is 37.2 Å². The maximum atomic E-state index is 13.6. The number of piperidine rings is 1. The molecule has 0 aromatic heterocycles. The van der Waals surface area contributed by atoms with Crippen molar-refractivity contribution in [2.75, 3.05) is 17.4 Å². The summed E-state index contributed by atoms with van der Waals surface area (Å²) in [4.78, 5) is 2.59. The van der Waals surface area contributed by atoms with E-state index in [2.05, 4.69) is 4.90 Å². The van der Waals surface area contributed by atoms with E-state index in [1.54, 1.807) is 22.5 Å². The van der Waals surface area contributed by atoms with E-state index in [-0.39, 0.29) is 6.04 Å². The third-order valence-electron chi connectivity index (χ3n) is 5.86. The van der Waals surface area contributed by atoms with Crippen LogP contribution >= 0.6 is 0 Å². The van der Waals surface area contributed by atoms with Crippen molar-refractivity contribution in [3.8, 4) is 5.75 Å². The first-order valence-electron chi connectivity index (χ1n) is 10.6. The number of phenols is 1. The summed E-state index contributed by atoms with van der Waals surface area (Å²) in [7, 11) is -3.68. The minimum Gasteiger partial charge on any atom is -0.508 e. The van der Waals surface area contributed by atoms with Crippen LogP contribution in [0.1, 0.15) is 24.0 Å². The van der Waals surface area contributed by atoms with Crippen molar-refractivity contribution in [3.05, 3.63) is 90.0 Å². The summed E-state index contributed by atoms with van der Waals surface area (Å²) in [6, 6.07) is 23.7. The fourth-order valence-corrected chi connectivity index (χ4v) is 5.85. The summed E-state index contributed by atoms with van der Waals surface area (Å²) in [5, 5.41) is 10.1. The van der Waals surface area contributed by atoms with Gasteiger partial charge >= 0.3 is 0 Å². The van der Waals surface area contributed by atoms with E-state index >= 15 is 0 Å². The Morgan fingerprint density at radius 2 is 1.52 bits per heavy atom. The monoisotopic (exact) mass is 436 g/mol. The van der Waals surface area contributed by atoms with Crippen molar-refractivity contribution >= 4 is 15.7 Å². The lowest BCUT2D eigenvalue weighted by molar-refractivity contribution is 0.204. The van der Waals surface area contributed by atoms with Gasteiger partial charge in [0.2, 0.25) is 0 Å². The van der Waals surface area contributed by atoms with Gasteiger partial charge in [0.15, 0.2) is 0 Å². The molecular formula is C25H28N2O3S. The molecule has 3 aromatic carbocycles. The zero-order valence-corrected chi connectivity index (χ0v) is 18.5. The van der Waals surface area contributed by atoms with Gasteiger partial charge in [-0.3, -0.25) is 9.21 Å². The minimum atomic E-state index is -3.68. The highest BCUT2D eigenvalue weighted by molar-refractivity contribution is 7.92. The van der Waals surface area contributed by atoms with Gasteiger partial charge in [0.25, 0.3) is 10.0 Å². The van der Waals surface area contributed by atoms with Crippen LogP contribution in [0.4, 0.5) is 5.69 Å². The standard InChI is InChI=1S/C25H28N2O3S/c1-20-11-13-24(14-12-20)31(29,30)27(22-8-3-2-4-9-22)23-15-17-26(18-16-23)19-21-7-5-6-10-25(21)28/h2-14,23,28H,15-19H2,1H3. The first kappa shape index (κ1) is 21.4. The van der Waals surface area contributed by atoms with Crippen LogP contribution in [-0.2, 0) is 16.6 Å². The molecular weight excluding hydrogens is 408 g/mol. The average molecular weight is 437 g/mol. The number of para-hydroxylation sites is 2. The van der Waals surface area contributed by atoms with Gasteiger partial charge < -0.3 is 5.11 Å². The molecule has 1 N–H and O–H groups in total. The molecule has 0 aliphatic carbocycles. The molecule has 0 bridgehead atoms. The predicted molar refractivity (Wildman–Crippen MR) is 124 cm³/mol. The smallest absolute Gasteiger partial charge is 0.264 e. The quantitative estimate of drug-likeness (QED) is 0.615. The summed E-state index contributed by atoms with van der Waals surface area (Å²) in [6.45, 7) is 4.15. The number of sulfonamides is 1. The number of hydrogen-bond donors (Lipinski definition) is 1. The molecule has 162 valence electrons. The second-order valence-corrected chi connectivity index (χ2v) is 9.90. The van der Waals surface area contributed by atoms with Gasteiger partial charge in [0, 0.05) is 31.2 Å². The van der Waals surface area contributed by atoms with Crippen LogP contribution in [0.5, 0.6) is 5.75 Å². The Kier molecular flexibility index (Phi) is 6.30. The van der Waals surface area contributed by atoms with Crippen LogP contribution < -0.4 is 4.31 Å². The molecule has 0 saturated carbocycles. The van der Waals surface area contributed by atoms with Gasteiger partial charge in [0.1, 0.15) is 5.75 Å². The van der Waals surface area contributed by atoms with Gasteiger partial charge in [-0.2, -0.15) is 0 Å². The molecule has 1 aliphatic rings. The summed E-state index contributed by atoms with van der Waals surface area (Å²) >= 11 is 0. The summed E-state index contributed by atoms with van der Waals surface area (Å²) in [5.41, 5.74) is 2.62. The normalized spacial score (nSPS) is 15.6. The number of phenolic OH excluding ortho intramolecular Hbond substituents is 1. The van der Waals surface area contributed by atoms with Crippen molar-refractivity contribution in [3.63, 3.8) is 0 Å². The van der Waals surface area contributed by atoms with Crippen LogP contribution in [0.3, 0.4) is 0 Å². The number of rotatable bonds is 6. The molecule has 0 spiro atoms. The van der Waals surface area contributed by atoms with E-state index in [4.69, 9.17) is 0 Å². The number of nitrogens with zero attached hydrogens (tertiary/aromatic N) is 2. The molecule has 1 fully saturated rings. The van der Waals surface area contributed by atoms with Gasteiger partial charge in [-0.05, 0) is 50.1 Å². The van der Waals surface area contributed by atoms with Gasteiger partial charge in [0.05, 0.1) is 10.6 Å². The SMILES string of the molecule is Cc1ccc(S(=O)(=O)N(c2ccccc2)C2CCN(Cc3ccccc3O)CC2)cc1. The lowest BCUT2D eigenvalue weighted by Crippen LogP contribution is -2.47. The molecule has 0 unspecified atom stereocenters. The number of aryl methyl sites for hydroxylation is 1. The van der Waals surface area contributed by atoms with Crippen LogP contribution in [0.15, 0.2) is 83.8 Å². The third-order valence-corrected chi connectivity index (χ3v) is 7.76. The number of anilines is 1. The molecule has 0 amide bonds. The highest BCUT2D eigenvalue weighted by Crippen LogP contribution is 2.31. The van der Waals surface area contributed by atoms with E-state index in [1.165, 1.54) is 0 Å².